The first-order chi connectivity index (χ1) is 11.2. The topological polar surface area (TPSA) is 80.5 Å². The van der Waals surface area contributed by atoms with Crippen LogP contribution in [-0.2, 0) is 0 Å². The molecule has 5 nitrogen and oxygen atoms in total. The van der Waals surface area contributed by atoms with Gasteiger partial charge in [-0.05, 0) is 12.5 Å². The van der Waals surface area contributed by atoms with Crippen LogP contribution in [0.3, 0.4) is 0 Å². The van der Waals surface area contributed by atoms with E-state index in [9.17, 15) is 0 Å². The molecule has 0 bridgehead atoms. The number of anilines is 1. The van der Waals surface area contributed by atoms with Gasteiger partial charge in [0, 0.05) is 11.1 Å². The Balaban J connectivity index is 2.09. The highest BCUT2D eigenvalue weighted by atomic mass is 15.2. The summed E-state index contributed by atoms with van der Waals surface area (Å²) >= 11 is 0. The molecule has 0 fully saturated rings. The number of fused-ring (bicyclic) bond motifs is 1. The number of H-pyrrole nitrogens is 1. The predicted octanol–water partition coefficient (Wildman–Crippen LogP) is 3.58. The summed E-state index contributed by atoms with van der Waals surface area (Å²) in [6.45, 7) is 2.06. The van der Waals surface area contributed by atoms with Gasteiger partial charge in [0.05, 0.1) is 5.39 Å². The first kappa shape index (κ1) is 13.5. The zero-order chi connectivity index (χ0) is 15.8. The van der Waals surface area contributed by atoms with Crippen molar-refractivity contribution in [3.8, 4) is 22.4 Å². The molecule has 112 valence electrons. The third-order valence-electron chi connectivity index (χ3n) is 3.90. The first-order valence-electron chi connectivity index (χ1n) is 7.37. The Labute approximate surface area is 133 Å². The number of hydrogen-bond acceptors (Lipinski definition) is 4. The maximum Gasteiger partial charge on any atom is 0.180 e. The van der Waals surface area contributed by atoms with Crippen molar-refractivity contribution in [2.75, 3.05) is 5.73 Å². The van der Waals surface area contributed by atoms with E-state index < -0.39 is 0 Å². The van der Waals surface area contributed by atoms with Crippen molar-refractivity contribution in [2.45, 2.75) is 6.92 Å². The van der Waals surface area contributed by atoms with Crippen LogP contribution in [0.25, 0.3) is 33.4 Å². The normalized spacial score (nSPS) is 11.0. The predicted molar refractivity (Wildman–Crippen MR) is 91.7 cm³/mol. The summed E-state index contributed by atoms with van der Waals surface area (Å²) in [5, 5.41) is 16.4. The Kier molecular flexibility index (Phi) is 3.05. The molecule has 3 N–H and O–H groups in total. The Morgan fingerprint density at radius 1 is 0.870 bits per heavy atom. The maximum absolute atomic E-state index is 6.08. The number of nitrogens with one attached hydrogen (secondary N) is 1. The largest absolute Gasteiger partial charge is 0.382 e. The second kappa shape index (κ2) is 5.21. The Morgan fingerprint density at radius 2 is 1.61 bits per heavy atom. The summed E-state index contributed by atoms with van der Waals surface area (Å²) in [6, 6.07) is 18.3. The fourth-order valence-electron chi connectivity index (χ4n) is 2.73. The van der Waals surface area contributed by atoms with Crippen molar-refractivity contribution in [2.24, 2.45) is 0 Å². The molecule has 0 saturated carbocycles. The van der Waals surface area contributed by atoms with Crippen LogP contribution in [0, 0.1) is 6.92 Å². The van der Waals surface area contributed by atoms with Crippen molar-refractivity contribution in [3.05, 3.63) is 60.2 Å². The van der Waals surface area contributed by atoms with Gasteiger partial charge in [-0.1, -0.05) is 60.2 Å². The van der Waals surface area contributed by atoms with E-state index in [-0.39, 0.29) is 0 Å². The molecule has 0 radical (unpaired) electrons. The molecular weight excluding hydrogens is 286 g/mol. The number of aromatic amines is 1. The molecule has 4 rings (SSSR count). The van der Waals surface area contributed by atoms with E-state index in [0.29, 0.717) is 11.5 Å². The number of nitrogens with zero attached hydrogens (tertiary/aromatic N) is 3. The van der Waals surface area contributed by atoms with Gasteiger partial charge in [-0.15, -0.1) is 10.2 Å². The third-order valence-corrected chi connectivity index (χ3v) is 3.90. The average molecular weight is 301 g/mol. The Hall–Kier alpha value is -3.21. The lowest BCUT2D eigenvalue weighted by Gasteiger charge is -2.10. The molecule has 23 heavy (non-hydrogen) atoms. The number of rotatable bonds is 2. The molecule has 2 heterocycles. The number of aryl methyl sites for hydroxylation is 1. The lowest BCUT2D eigenvalue weighted by atomic mass is 9.96. The minimum Gasteiger partial charge on any atom is -0.382 e. The zero-order valence-electron chi connectivity index (χ0n) is 12.6. The molecule has 0 aliphatic heterocycles. The van der Waals surface area contributed by atoms with Crippen molar-refractivity contribution in [3.63, 3.8) is 0 Å². The second-order valence-corrected chi connectivity index (χ2v) is 5.49. The average Bonchev–Trinajstić information content (AvgIpc) is 2.97. The molecule has 0 saturated heterocycles. The molecule has 2 aromatic heterocycles. The summed E-state index contributed by atoms with van der Waals surface area (Å²) in [5.74, 6) is 0.433. The lowest BCUT2D eigenvalue weighted by molar-refractivity contribution is 1.03. The quantitative estimate of drug-likeness (QED) is 0.593. The minimum absolute atomic E-state index is 0.433. The number of benzene rings is 2. The fraction of sp³-hybridized carbons (Fsp3) is 0.0556. The van der Waals surface area contributed by atoms with E-state index >= 15 is 0 Å². The first-order valence-corrected chi connectivity index (χ1v) is 7.37. The van der Waals surface area contributed by atoms with Gasteiger partial charge in [-0.3, -0.25) is 5.10 Å². The molecule has 4 aromatic rings. The molecule has 0 amide bonds. The smallest absolute Gasteiger partial charge is 0.180 e. The van der Waals surface area contributed by atoms with Crippen LogP contribution in [0.2, 0.25) is 0 Å². The Bertz CT molecular complexity index is 972. The number of nitrogen functional groups attached to an aromatic ring is 1. The highest BCUT2D eigenvalue weighted by Crippen LogP contribution is 2.37. The lowest BCUT2D eigenvalue weighted by Crippen LogP contribution is -1.96. The van der Waals surface area contributed by atoms with E-state index in [0.717, 1.165) is 27.8 Å². The van der Waals surface area contributed by atoms with Crippen LogP contribution in [0.5, 0.6) is 0 Å². The van der Waals surface area contributed by atoms with Crippen molar-refractivity contribution in [1.82, 2.24) is 20.4 Å². The molecule has 0 aliphatic rings. The molecule has 2 aromatic carbocycles. The van der Waals surface area contributed by atoms with E-state index in [2.05, 4.69) is 51.6 Å². The van der Waals surface area contributed by atoms with Crippen LogP contribution in [0.1, 0.15) is 5.56 Å². The van der Waals surface area contributed by atoms with Gasteiger partial charge in [0.15, 0.2) is 11.5 Å². The van der Waals surface area contributed by atoms with Gasteiger partial charge in [-0.2, -0.15) is 5.10 Å². The van der Waals surface area contributed by atoms with E-state index in [1.54, 1.807) is 0 Å². The molecule has 0 aliphatic carbocycles. The monoisotopic (exact) mass is 301 g/mol. The van der Waals surface area contributed by atoms with Crippen LogP contribution in [-0.4, -0.2) is 20.4 Å². The van der Waals surface area contributed by atoms with Crippen LogP contribution < -0.4 is 5.73 Å². The van der Waals surface area contributed by atoms with Crippen molar-refractivity contribution in [1.29, 1.82) is 0 Å². The SMILES string of the molecule is Cc1ccc(-c2c(-c3ccccc3)nnc3[nH]nc(N)c23)cc1. The van der Waals surface area contributed by atoms with Crippen LogP contribution in [0.15, 0.2) is 54.6 Å². The van der Waals surface area contributed by atoms with Crippen molar-refractivity contribution < 1.29 is 0 Å². The van der Waals surface area contributed by atoms with E-state index in [4.69, 9.17) is 5.73 Å². The van der Waals surface area contributed by atoms with Gasteiger partial charge >= 0.3 is 0 Å². The standard InChI is InChI=1S/C18H15N5/c1-11-7-9-12(10-8-11)14-15-17(19)21-23-18(15)22-20-16(14)13-5-3-2-4-6-13/h2-10H,1H3,(H3,19,21,22,23). The second-order valence-electron chi connectivity index (χ2n) is 5.49. The van der Waals surface area contributed by atoms with Gasteiger partial charge in [-0.25, -0.2) is 0 Å². The number of hydrogen-bond donors (Lipinski definition) is 2. The third kappa shape index (κ3) is 2.23. The Morgan fingerprint density at radius 3 is 2.35 bits per heavy atom. The number of aromatic nitrogens is 4. The zero-order valence-corrected chi connectivity index (χ0v) is 12.6. The summed E-state index contributed by atoms with van der Waals surface area (Å²) in [6.07, 6.45) is 0. The molecular formula is C18H15N5. The van der Waals surface area contributed by atoms with Crippen LogP contribution >= 0.6 is 0 Å². The van der Waals surface area contributed by atoms with Gasteiger partial charge in [0.25, 0.3) is 0 Å². The molecule has 0 unspecified atom stereocenters. The van der Waals surface area contributed by atoms with E-state index in [1.807, 2.05) is 30.3 Å². The minimum atomic E-state index is 0.433. The van der Waals surface area contributed by atoms with Gasteiger partial charge in [0.1, 0.15) is 5.69 Å². The van der Waals surface area contributed by atoms with Gasteiger partial charge in [0.2, 0.25) is 0 Å². The highest BCUT2D eigenvalue weighted by molar-refractivity contribution is 6.04. The summed E-state index contributed by atoms with van der Waals surface area (Å²) in [5.41, 5.74) is 11.7. The number of nitrogens with two attached hydrogens (primary N) is 1. The summed E-state index contributed by atoms with van der Waals surface area (Å²) in [4.78, 5) is 0. The van der Waals surface area contributed by atoms with Crippen LogP contribution in [0.4, 0.5) is 5.82 Å². The van der Waals surface area contributed by atoms with Gasteiger partial charge < -0.3 is 5.73 Å². The molecule has 5 heteroatoms. The maximum atomic E-state index is 6.08. The fourth-order valence-corrected chi connectivity index (χ4v) is 2.73. The molecule has 0 atom stereocenters. The summed E-state index contributed by atoms with van der Waals surface area (Å²) in [7, 11) is 0. The summed E-state index contributed by atoms with van der Waals surface area (Å²) < 4.78 is 0. The molecule has 0 spiro atoms. The van der Waals surface area contributed by atoms with Crippen molar-refractivity contribution >= 4 is 16.9 Å². The highest BCUT2D eigenvalue weighted by Gasteiger charge is 2.18. The van der Waals surface area contributed by atoms with E-state index in [1.165, 1.54) is 5.56 Å².